The minimum absolute atomic E-state index is 0.0478. The summed E-state index contributed by atoms with van der Waals surface area (Å²) in [6.07, 6.45) is 2.53. The second-order valence-electron chi connectivity index (χ2n) is 8.32. The van der Waals surface area contributed by atoms with Crippen LogP contribution in [0.3, 0.4) is 0 Å². The maximum atomic E-state index is 12.2. The van der Waals surface area contributed by atoms with E-state index in [4.69, 9.17) is 9.47 Å². The Morgan fingerprint density at radius 1 is 1.38 bits per heavy atom. The molecule has 0 spiro atoms. The second kappa shape index (κ2) is 5.92. The van der Waals surface area contributed by atoms with Crippen molar-refractivity contribution in [3.05, 3.63) is 22.8 Å². The number of carbonyl (C=O) groups is 2. The van der Waals surface area contributed by atoms with Gasteiger partial charge in [-0.2, -0.15) is 0 Å². The number of esters is 2. The maximum absolute atomic E-state index is 12.2. The molecule has 6 heteroatoms. The molecule has 0 aromatic carbocycles. The largest absolute Gasteiger partial charge is 0.459 e. The van der Waals surface area contributed by atoms with Crippen molar-refractivity contribution in [2.24, 2.45) is 11.3 Å². The zero-order valence-corrected chi connectivity index (χ0v) is 16.1. The Morgan fingerprint density at radius 2 is 2.04 bits per heavy atom. The van der Waals surface area contributed by atoms with Crippen molar-refractivity contribution in [3.63, 3.8) is 0 Å². The Labute approximate surface area is 153 Å². The van der Waals surface area contributed by atoms with E-state index >= 15 is 0 Å². The molecule has 0 aromatic heterocycles. The Kier molecular flexibility index (Phi) is 4.36. The Bertz CT molecular complexity index is 722. The van der Waals surface area contributed by atoms with E-state index in [0.717, 1.165) is 0 Å². The molecule has 0 unspecified atom stereocenters. The molecular formula is C20H28O6. The highest BCUT2D eigenvalue weighted by Crippen LogP contribution is 2.61. The number of hydrogen-bond donors (Lipinski definition) is 2. The van der Waals surface area contributed by atoms with Gasteiger partial charge in [0, 0.05) is 34.5 Å². The minimum atomic E-state index is -1.72. The van der Waals surface area contributed by atoms with Crippen LogP contribution in [-0.2, 0) is 19.1 Å². The van der Waals surface area contributed by atoms with Crippen molar-refractivity contribution < 1.29 is 29.3 Å². The summed E-state index contributed by atoms with van der Waals surface area (Å²) >= 11 is 0. The van der Waals surface area contributed by atoms with Crippen molar-refractivity contribution in [1.82, 2.24) is 0 Å². The molecule has 0 saturated heterocycles. The first-order valence-electron chi connectivity index (χ1n) is 9.19. The molecule has 2 N–H and O–H groups in total. The molecule has 5 atom stereocenters. The molecule has 0 radical (unpaired) electrons. The van der Waals surface area contributed by atoms with Gasteiger partial charge >= 0.3 is 11.9 Å². The normalized spacial score (nSPS) is 42.9. The van der Waals surface area contributed by atoms with Gasteiger partial charge in [0.25, 0.3) is 0 Å². The van der Waals surface area contributed by atoms with Crippen molar-refractivity contribution >= 4 is 11.9 Å². The third-order valence-corrected chi connectivity index (χ3v) is 7.05. The number of hydrogen-bond acceptors (Lipinski definition) is 6. The van der Waals surface area contributed by atoms with Crippen LogP contribution < -0.4 is 0 Å². The molecule has 2 saturated carbocycles. The van der Waals surface area contributed by atoms with E-state index in [1.807, 2.05) is 13.8 Å². The van der Waals surface area contributed by atoms with E-state index in [1.165, 1.54) is 0 Å². The van der Waals surface area contributed by atoms with E-state index in [-0.39, 0.29) is 24.4 Å². The van der Waals surface area contributed by atoms with Gasteiger partial charge in [-0.1, -0.05) is 19.9 Å². The Hall–Kier alpha value is -1.66. The zero-order valence-electron chi connectivity index (χ0n) is 16.1. The first-order valence-corrected chi connectivity index (χ1v) is 9.19. The van der Waals surface area contributed by atoms with Gasteiger partial charge in [-0.25, -0.2) is 9.59 Å². The molecule has 26 heavy (non-hydrogen) atoms. The average Bonchev–Trinajstić information content (AvgIpc) is 2.78. The molecule has 3 rings (SSSR count). The van der Waals surface area contributed by atoms with Crippen LogP contribution in [0.2, 0.25) is 0 Å². The average molecular weight is 364 g/mol. The lowest BCUT2D eigenvalue weighted by Gasteiger charge is -2.59. The molecule has 0 amide bonds. The summed E-state index contributed by atoms with van der Waals surface area (Å²) < 4.78 is 10.9. The molecule has 144 valence electrons. The second-order valence-corrected chi connectivity index (χ2v) is 8.32. The number of carbonyl (C=O) groups excluding carboxylic acids is 2. The van der Waals surface area contributed by atoms with Gasteiger partial charge in [0.2, 0.25) is 5.79 Å². The number of fused-ring (bicyclic) bond motifs is 2. The van der Waals surface area contributed by atoms with Crippen molar-refractivity contribution in [2.45, 2.75) is 77.8 Å². The summed E-state index contributed by atoms with van der Waals surface area (Å²) in [7, 11) is 0. The van der Waals surface area contributed by atoms with E-state index < -0.39 is 22.8 Å². The lowest BCUT2D eigenvalue weighted by Crippen LogP contribution is -2.64. The molecule has 0 bridgehead atoms. The summed E-state index contributed by atoms with van der Waals surface area (Å²) in [5.74, 6) is -2.75. The van der Waals surface area contributed by atoms with Gasteiger partial charge < -0.3 is 19.7 Å². The van der Waals surface area contributed by atoms with E-state index in [1.54, 1.807) is 26.8 Å². The van der Waals surface area contributed by atoms with Crippen LogP contribution in [0.15, 0.2) is 22.8 Å². The summed E-state index contributed by atoms with van der Waals surface area (Å²) in [5, 5.41) is 22.2. The number of allylic oxidation sites excluding steroid dienone is 1. The predicted molar refractivity (Wildman–Crippen MR) is 93.7 cm³/mol. The number of aliphatic hydroxyl groups is 2. The first-order chi connectivity index (χ1) is 12.0. The number of ether oxygens (including phenoxy) is 2. The molecular weight excluding hydrogens is 336 g/mol. The monoisotopic (exact) mass is 364 g/mol. The van der Waals surface area contributed by atoms with Crippen molar-refractivity contribution in [2.75, 3.05) is 0 Å². The highest BCUT2D eigenvalue weighted by Gasteiger charge is 2.66. The molecule has 1 aliphatic heterocycles. The molecule has 6 nitrogen and oxygen atoms in total. The van der Waals surface area contributed by atoms with Gasteiger partial charge in [-0.3, -0.25) is 0 Å². The molecule has 2 aliphatic carbocycles. The summed E-state index contributed by atoms with van der Waals surface area (Å²) in [6, 6.07) is 0. The van der Waals surface area contributed by atoms with Gasteiger partial charge in [0.15, 0.2) is 0 Å². The van der Waals surface area contributed by atoms with Crippen LogP contribution in [0.4, 0.5) is 0 Å². The van der Waals surface area contributed by atoms with Crippen LogP contribution >= 0.6 is 0 Å². The van der Waals surface area contributed by atoms with Gasteiger partial charge in [-0.15, -0.1) is 0 Å². The van der Waals surface area contributed by atoms with Crippen molar-refractivity contribution in [3.8, 4) is 0 Å². The Morgan fingerprint density at radius 3 is 2.65 bits per heavy atom. The number of rotatable bonds is 2. The summed E-state index contributed by atoms with van der Waals surface area (Å²) in [6.45, 7) is 9.05. The summed E-state index contributed by atoms with van der Waals surface area (Å²) in [5.41, 5.74) is -0.343. The van der Waals surface area contributed by atoms with Crippen LogP contribution in [-0.4, -0.2) is 39.6 Å². The highest BCUT2D eigenvalue weighted by atomic mass is 16.7. The Balaban J connectivity index is 1.92. The van der Waals surface area contributed by atoms with Crippen LogP contribution in [0, 0.1) is 11.3 Å². The maximum Gasteiger partial charge on any atom is 0.336 e. The third kappa shape index (κ3) is 2.54. The minimum Gasteiger partial charge on any atom is -0.459 e. The van der Waals surface area contributed by atoms with Crippen molar-refractivity contribution in [1.29, 1.82) is 0 Å². The fourth-order valence-electron chi connectivity index (χ4n) is 4.76. The van der Waals surface area contributed by atoms with E-state index in [2.05, 4.69) is 0 Å². The SMILES string of the molecule is C/C=C(/C)C(=O)O[C@H]1CC[C@]2(O)C[C@]3(O)OC(=O)C(C)=C3C[C@]2(C)[C@H]1C. The molecule has 0 aromatic rings. The fraction of sp³-hybridized carbons (Fsp3) is 0.700. The van der Waals surface area contributed by atoms with E-state index in [9.17, 15) is 19.8 Å². The fourth-order valence-corrected chi connectivity index (χ4v) is 4.76. The van der Waals surface area contributed by atoms with E-state index in [0.29, 0.717) is 36.0 Å². The lowest BCUT2D eigenvalue weighted by molar-refractivity contribution is -0.259. The standard InChI is InChI=1S/C20H28O6/c1-6-11(2)16(21)25-15-7-8-19(23)10-20(24)14(12(3)17(22)26-20)9-18(19,5)13(15)4/h6,13,15,23-24H,7-10H2,1-5H3/b11-6-/t13-,15-,18+,19-,20-/m0/s1. The zero-order chi connectivity index (χ0) is 19.5. The van der Waals surface area contributed by atoms with Gasteiger partial charge in [0.1, 0.15) is 6.10 Å². The first kappa shape index (κ1) is 19.1. The van der Waals surface area contributed by atoms with Crippen LogP contribution in [0.1, 0.15) is 60.3 Å². The molecule has 2 fully saturated rings. The quantitative estimate of drug-likeness (QED) is 0.577. The molecule has 1 heterocycles. The predicted octanol–water partition coefficient (Wildman–Crippen LogP) is 2.39. The highest BCUT2D eigenvalue weighted by molar-refractivity contribution is 5.92. The van der Waals surface area contributed by atoms with Gasteiger partial charge in [-0.05, 0) is 40.0 Å². The van der Waals surface area contributed by atoms with Crippen LogP contribution in [0.25, 0.3) is 0 Å². The lowest BCUT2D eigenvalue weighted by atomic mass is 9.50. The molecule has 3 aliphatic rings. The van der Waals surface area contributed by atoms with Gasteiger partial charge in [0.05, 0.1) is 5.60 Å². The topological polar surface area (TPSA) is 93.1 Å². The summed E-state index contributed by atoms with van der Waals surface area (Å²) in [4.78, 5) is 24.2. The smallest absolute Gasteiger partial charge is 0.336 e. The third-order valence-electron chi connectivity index (χ3n) is 7.05. The van der Waals surface area contributed by atoms with Crippen LogP contribution in [0.5, 0.6) is 0 Å².